The Balaban J connectivity index is 2.38. The van der Waals surface area contributed by atoms with Crippen LogP contribution in [0.4, 0.5) is 0 Å². The van der Waals surface area contributed by atoms with Gasteiger partial charge < -0.3 is 10.1 Å². The molecular weight excluding hydrogens is 429 g/mol. The van der Waals surface area contributed by atoms with Gasteiger partial charge in [0.2, 0.25) is 0 Å². The average Bonchev–Trinajstić information content (AvgIpc) is 2.68. The van der Waals surface area contributed by atoms with Crippen molar-refractivity contribution in [2.45, 2.75) is 13.8 Å². The van der Waals surface area contributed by atoms with Gasteiger partial charge in [0, 0.05) is 41.1 Å². The number of rotatable bonds is 8. The molecule has 0 amide bonds. The van der Waals surface area contributed by atoms with Crippen molar-refractivity contribution in [3.63, 3.8) is 0 Å². The minimum absolute atomic E-state index is 0.265. The fourth-order valence-electron chi connectivity index (χ4n) is 2.63. The van der Waals surface area contributed by atoms with E-state index in [1.807, 2.05) is 38.2 Å². The van der Waals surface area contributed by atoms with Gasteiger partial charge in [-0.15, -0.1) is 0 Å². The molecule has 7 heteroatoms. The molecule has 0 saturated heterocycles. The van der Waals surface area contributed by atoms with Crippen LogP contribution in [0.2, 0.25) is 0 Å². The third kappa shape index (κ3) is 6.36. The minimum atomic E-state index is 0.265. The molecule has 1 heterocycles. The summed E-state index contributed by atoms with van der Waals surface area (Å²) in [6, 6.07) is 7.73. The molecule has 4 nitrogen and oxygen atoms in total. The summed E-state index contributed by atoms with van der Waals surface area (Å²) < 4.78 is 5.91. The Morgan fingerprint density at radius 1 is 1.31 bits per heavy atom. The SMILES string of the molecule is C=C/C(Cl)=C(\NC)c1cc(C)nc2c(OC/C=C(Cl)/C=N/C=C(\C)Cl)cccc12. The lowest BCUT2D eigenvalue weighted by molar-refractivity contribution is 0.366. The lowest BCUT2D eigenvalue weighted by atomic mass is 10.0. The summed E-state index contributed by atoms with van der Waals surface area (Å²) in [6.45, 7) is 7.68. The van der Waals surface area contributed by atoms with Gasteiger partial charge in [-0.25, -0.2) is 4.98 Å². The molecule has 0 radical (unpaired) electrons. The van der Waals surface area contributed by atoms with E-state index >= 15 is 0 Å². The van der Waals surface area contributed by atoms with E-state index < -0.39 is 0 Å². The molecule has 29 heavy (non-hydrogen) atoms. The standard InChI is InChI=1S/C22H22Cl3N3O/c1-5-19(25)21(26-4)18-11-15(3)28-22-17(18)7-6-8-20(22)29-10-9-16(24)13-27-12-14(2)23/h5-9,11-13,26H,1,10H2,2-4H3/b14-12+,16-9-,21-19+,27-13+. The summed E-state index contributed by atoms with van der Waals surface area (Å²) in [6.07, 6.45) is 6.33. The molecule has 0 atom stereocenters. The monoisotopic (exact) mass is 449 g/mol. The number of nitrogens with one attached hydrogen (secondary N) is 1. The number of halogens is 3. The zero-order valence-electron chi connectivity index (χ0n) is 16.5. The molecule has 0 aliphatic heterocycles. The van der Waals surface area contributed by atoms with Crippen LogP contribution in [0.15, 0.2) is 69.3 Å². The summed E-state index contributed by atoms with van der Waals surface area (Å²) >= 11 is 18.2. The number of pyridine rings is 1. The van der Waals surface area contributed by atoms with Gasteiger partial charge in [0.1, 0.15) is 17.9 Å². The molecule has 152 valence electrons. The maximum absolute atomic E-state index is 6.34. The van der Waals surface area contributed by atoms with Gasteiger partial charge in [-0.2, -0.15) is 0 Å². The fraction of sp³-hybridized carbons (Fsp3) is 0.182. The van der Waals surface area contributed by atoms with Crippen LogP contribution in [0.3, 0.4) is 0 Å². The first-order valence-corrected chi connectivity index (χ1v) is 9.95. The molecule has 0 bridgehead atoms. The van der Waals surface area contributed by atoms with E-state index in [1.54, 1.807) is 19.1 Å². The summed E-state index contributed by atoms with van der Waals surface area (Å²) in [7, 11) is 1.82. The number of aliphatic imine (C=N–C) groups is 1. The molecule has 0 aliphatic carbocycles. The zero-order chi connectivity index (χ0) is 21.4. The van der Waals surface area contributed by atoms with E-state index in [0.29, 0.717) is 20.8 Å². The highest BCUT2D eigenvalue weighted by Gasteiger charge is 2.13. The topological polar surface area (TPSA) is 46.5 Å². The highest BCUT2D eigenvalue weighted by atomic mass is 35.5. The fourth-order valence-corrected chi connectivity index (χ4v) is 3.01. The maximum Gasteiger partial charge on any atom is 0.146 e. The summed E-state index contributed by atoms with van der Waals surface area (Å²) in [5.41, 5.74) is 3.28. The smallest absolute Gasteiger partial charge is 0.146 e. The molecule has 0 fully saturated rings. The van der Waals surface area contributed by atoms with E-state index in [1.165, 1.54) is 12.4 Å². The summed E-state index contributed by atoms with van der Waals surface area (Å²) in [4.78, 5) is 8.66. The second kappa shape index (κ2) is 11.1. The molecule has 2 aromatic rings. The van der Waals surface area contributed by atoms with Gasteiger partial charge in [-0.05, 0) is 38.1 Å². The summed E-state index contributed by atoms with van der Waals surface area (Å²) in [5.74, 6) is 0.645. The largest absolute Gasteiger partial charge is 0.487 e. The van der Waals surface area contributed by atoms with Crippen LogP contribution < -0.4 is 10.1 Å². The molecule has 2 rings (SSSR count). The second-order valence-corrected chi connectivity index (χ2v) is 7.47. The first kappa shape index (κ1) is 23.0. The number of ether oxygens (including phenoxy) is 1. The Kier molecular flexibility index (Phi) is 8.77. The van der Waals surface area contributed by atoms with E-state index in [2.05, 4.69) is 21.9 Å². The number of para-hydroxylation sites is 1. The lowest BCUT2D eigenvalue weighted by Gasteiger charge is -2.15. The predicted molar refractivity (Wildman–Crippen MR) is 126 cm³/mol. The van der Waals surface area contributed by atoms with Crippen molar-refractivity contribution in [2.75, 3.05) is 13.7 Å². The van der Waals surface area contributed by atoms with Gasteiger partial charge in [0.25, 0.3) is 0 Å². The lowest BCUT2D eigenvalue weighted by Crippen LogP contribution is -2.08. The van der Waals surface area contributed by atoms with Crippen molar-refractivity contribution in [3.05, 3.63) is 75.6 Å². The van der Waals surface area contributed by atoms with Crippen molar-refractivity contribution >= 4 is 57.6 Å². The van der Waals surface area contributed by atoms with Gasteiger partial charge in [0.05, 0.1) is 15.8 Å². The Morgan fingerprint density at radius 2 is 2.07 bits per heavy atom. The second-order valence-electron chi connectivity index (χ2n) is 6.03. The van der Waals surface area contributed by atoms with Crippen molar-refractivity contribution < 1.29 is 4.74 Å². The third-order valence-corrected chi connectivity index (χ3v) is 4.53. The van der Waals surface area contributed by atoms with Crippen molar-refractivity contribution in [1.82, 2.24) is 10.3 Å². The van der Waals surface area contributed by atoms with Crippen molar-refractivity contribution in [1.29, 1.82) is 0 Å². The zero-order valence-corrected chi connectivity index (χ0v) is 18.7. The molecule has 0 unspecified atom stereocenters. The Hall–Kier alpha value is -2.27. The number of aromatic nitrogens is 1. The molecule has 0 spiro atoms. The van der Waals surface area contributed by atoms with Crippen LogP contribution in [-0.4, -0.2) is 24.9 Å². The molecule has 1 aromatic carbocycles. The van der Waals surface area contributed by atoms with Crippen LogP contribution in [-0.2, 0) is 0 Å². The van der Waals surface area contributed by atoms with E-state index in [9.17, 15) is 0 Å². The van der Waals surface area contributed by atoms with E-state index in [-0.39, 0.29) is 6.61 Å². The van der Waals surface area contributed by atoms with E-state index in [4.69, 9.17) is 39.5 Å². The average molecular weight is 451 g/mol. The van der Waals surface area contributed by atoms with Crippen LogP contribution in [0.5, 0.6) is 5.75 Å². The maximum atomic E-state index is 6.34. The third-order valence-electron chi connectivity index (χ3n) is 3.84. The van der Waals surface area contributed by atoms with Gasteiger partial charge >= 0.3 is 0 Å². The first-order chi connectivity index (χ1) is 13.9. The molecule has 1 aromatic heterocycles. The van der Waals surface area contributed by atoms with Gasteiger partial charge in [0.15, 0.2) is 0 Å². The van der Waals surface area contributed by atoms with Crippen LogP contribution >= 0.6 is 34.8 Å². The molecule has 0 saturated carbocycles. The number of fused-ring (bicyclic) bond motifs is 1. The number of nitrogens with zero attached hydrogens (tertiary/aromatic N) is 2. The highest BCUT2D eigenvalue weighted by Crippen LogP contribution is 2.32. The number of hydrogen-bond donors (Lipinski definition) is 1. The first-order valence-electron chi connectivity index (χ1n) is 8.82. The number of hydrogen-bond acceptors (Lipinski definition) is 4. The van der Waals surface area contributed by atoms with Crippen LogP contribution in [0, 0.1) is 6.92 Å². The predicted octanol–water partition coefficient (Wildman–Crippen LogP) is 6.53. The number of aryl methyl sites for hydroxylation is 1. The quantitative estimate of drug-likeness (QED) is 0.367. The number of benzene rings is 1. The van der Waals surface area contributed by atoms with Gasteiger partial charge in [-0.3, -0.25) is 4.99 Å². The molecule has 1 N–H and O–H groups in total. The Labute approximate surface area is 186 Å². The summed E-state index contributed by atoms with van der Waals surface area (Å²) in [5, 5.41) is 5.61. The Bertz CT molecular complexity index is 1020. The molecule has 0 aliphatic rings. The molecular formula is C22H22Cl3N3O. The Morgan fingerprint density at radius 3 is 2.72 bits per heavy atom. The van der Waals surface area contributed by atoms with Gasteiger partial charge in [-0.1, -0.05) is 53.5 Å². The minimum Gasteiger partial charge on any atom is -0.487 e. The van der Waals surface area contributed by atoms with Crippen LogP contribution in [0.1, 0.15) is 18.2 Å². The van der Waals surface area contributed by atoms with Crippen LogP contribution in [0.25, 0.3) is 16.6 Å². The van der Waals surface area contributed by atoms with Crippen molar-refractivity contribution in [2.24, 2.45) is 4.99 Å². The normalized spacial score (nSPS) is 13.6. The van der Waals surface area contributed by atoms with Crippen molar-refractivity contribution in [3.8, 4) is 5.75 Å². The highest BCUT2D eigenvalue weighted by molar-refractivity contribution is 6.39. The number of allylic oxidation sites excluding steroid dienone is 4. The van der Waals surface area contributed by atoms with E-state index in [0.717, 1.165) is 27.9 Å².